The lowest BCUT2D eigenvalue weighted by molar-refractivity contribution is -0.245. The van der Waals surface area contributed by atoms with Crippen LogP contribution in [0, 0.1) is 56.6 Å². The molecule has 1 aromatic carbocycles. The number of aromatic nitrogens is 2. The molecule has 6 fully saturated rings. The van der Waals surface area contributed by atoms with Crippen LogP contribution in [-0.2, 0) is 4.79 Å². The number of amides is 1. The van der Waals surface area contributed by atoms with Gasteiger partial charge in [-0.25, -0.2) is 9.37 Å². The molecule has 1 aromatic heterocycles. The summed E-state index contributed by atoms with van der Waals surface area (Å²) >= 11 is 0. The molecule has 5 saturated carbocycles. The Balaban J connectivity index is 1.07. The van der Waals surface area contributed by atoms with Crippen LogP contribution < -0.4 is 0 Å². The average molecular weight is 630 g/mol. The first-order valence-electron chi connectivity index (χ1n) is 18.7. The van der Waals surface area contributed by atoms with Gasteiger partial charge in [-0.1, -0.05) is 41.0 Å². The Hall–Kier alpha value is -2.21. The smallest absolute Gasteiger partial charge is 0.229 e. The number of aliphatic hydroxyl groups excluding tert-OH is 1. The first-order valence-corrected chi connectivity index (χ1v) is 18.7. The minimum Gasteiger partial charge on any atom is -0.393 e. The van der Waals surface area contributed by atoms with Gasteiger partial charge in [-0.05, 0) is 152 Å². The zero-order valence-corrected chi connectivity index (χ0v) is 28.9. The number of fused-ring (bicyclic) bond motifs is 7. The summed E-state index contributed by atoms with van der Waals surface area (Å²) in [7, 11) is 0. The van der Waals surface area contributed by atoms with E-state index in [1.165, 1.54) is 50.7 Å². The highest BCUT2D eigenvalue weighted by atomic mass is 19.1. The van der Waals surface area contributed by atoms with Gasteiger partial charge in [0, 0.05) is 6.54 Å². The van der Waals surface area contributed by atoms with Gasteiger partial charge >= 0.3 is 0 Å². The van der Waals surface area contributed by atoms with Crippen molar-refractivity contribution in [3.05, 3.63) is 42.1 Å². The van der Waals surface area contributed by atoms with Crippen LogP contribution in [0.2, 0.25) is 0 Å². The predicted molar refractivity (Wildman–Crippen MR) is 179 cm³/mol. The van der Waals surface area contributed by atoms with E-state index in [2.05, 4.69) is 44.5 Å². The number of likely N-dealkylation sites (tertiary alicyclic amines) is 1. The fraction of sp³-hybridized carbons (Fsp3) is 0.750. The third-order valence-electron chi connectivity index (χ3n) is 16.3. The zero-order valence-electron chi connectivity index (χ0n) is 28.9. The van der Waals surface area contributed by atoms with E-state index >= 15 is 4.79 Å². The van der Waals surface area contributed by atoms with Crippen LogP contribution >= 0.6 is 0 Å². The summed E-state index contributed by atoms with van der Waals surface area (Å²) < 4.78 is 13.6. The highest BCUT2D eigenvalue weighted by molar-refractivity contribution is 5.84. The Morgan fingerprint density at radius 3 is 2.41 bits per heavy atom. The SMILES string of the molecule is CC1(C)C(O)CCC2(C)C1CCC1(C)C2CCC2C3CCCC3(C(=O)N3CCCC3c3ncc(-c4ccc(F)cc4)[nH]3)CC[C@]21C. The highest BCUT2D eigenvalue weighted by Crippen LogP contribution is 2.77. The molecule has 8 rings (SSSR count). The van der Waals surface area contributed by atoms with Crippen molar-refractivity contribution >= 4 is 5.91 Å². The number of hydrogen-bond acceptors (Lipinski definition) is 3. The van der Waals surface area contributed by atoms with Gasteiger partial charge in [0.2, 0.25) is 5.91 Å². The van der Waals surface area contributed by atoms with E-state index in [0.29, 0.717) is 29.6 Å². The molecule has 6 heteroatoms. The summed E-state index contributed by atoms with van der Waals surface area (Å²) in [6.07, 6.45) is 16.3. The number of benzene rings is 1. The van der Waals surface area contributed by atoms with Crippen molar-refractivity contribution in [3.8, 4) is 11.3 Å². The van der Waals surface area contributed by atoms with Gasteiger partial charge in [0.15, 0.2) is 0 Å². The molecule has 250 valence electrons. The fourth-order valence-electron chi connectivity index (χ4n) is 13.8. The standard InChI is InChI=1S/C40H56FN3O2/c1-36(2)31-16-20-39(5)32(37(31,3)19-17-33(36)45)15-14-27-28-8-6-18-40(28,22-21-38(27,39)4)35(46)44-23-7-9-30(44)34-42-24-29(43-34)25-10-12-26(41)13-11-25/h10-13,24,27-28,30-33,45H,6-9,14-23H2,1-5H3,(H,42,43)/t27?,28?,30?,31?,32?,33?,37?,38-,39?,40?/m1/s1. The Morgan fingerprint density at radius 1 is 0.848 bits per heavy atom. The summed E-state index contributed by atoms with van der Waals surface area (Å²) in [5.41, 5.74) is 2.34. The molecule has 5 aliphatic carbocycles. The Bertz CT molecular complexity index is 1500. The third kappa shape index (κ3) is 4.06. The van der Waals surface area contributed by atoms with Crippen molar-refractivity contribution in [2.75, 3.05) is 6.54 Å². The maximum absolute atomic E-state index is 15.0. The molecule has 1 amide bonds. The minimum atomic E-state index is -0.243. The molecule has 46 heavy (non-hydrogen) atoms. The molecule has 2 N–H and O–H groups in total. The number of nitrogens with zero attached hydrogens (tertiary/aromatic N) is 2. The Morgan fingerprint density at radius 2 is 1.63 bits per heavy atom. The van der Waals surface area contributed by atoms with Gasteiger partial charge in [-0.15, -0.1) is 0 Å². The second-order valence-electron chi connectivity index (χ2n) is 18.0. The molecule has 10 atom stereocenters. The van der Waals surface area contributed by atoms with Crippen LogP contribution in [0.15, 0.2) is 30.5 Å². The predicted octanol–water partition coefficient (Wildman–Crippen LogP) is 9.10. The molecule has 2 aromatic rings. The number of imidazole rings is 1. The molecule has 0 radical (unpaired) electrons. The normalized spacial score (nSPS) is 44.6. The van der Waals surface area contributed by atoms with E-state index in [1.54, 1.807) is 12.1 Å². The van der Waals surface area contributed by atoms with E-state index in [1.807, 2.05) is 6.20 Å². The van der Waals surface area contributed by atoms with Crippen LogP contribution in [0.1, 0.15) is 130 Å². The van der Waals surface area contributed by atoms with Crippen molar-refractivity contribution in [3.63, 3.8) is 0 Å². The number of carbonyl (C=O) groups excluding carboxylic acids is 1. The lowest BCUT2D eigenvalue weighted by atomic mass is 9.32. The van der Waals surface area contributed by atoms with E-state index < -0.39 is 0 Å². The summed E-state index contributed by atoms with van der Waals surface area (Å²) in [6, 6.07) is 6.52. The molecule has 9 unspecified atom stereocenters. The number of carbonyl (C=O) groups is 1. The second kappa shape index (κ2) is 10.4. The van der Waals surface area contributed by atoms with Crippen LogP contribution in [0.5, 0.6) is 0 Å². The number of aromatic amines is 1. The van der Waals surface area contributed by atoms with Crippen molar-refractivity contribution in [1.29, 1.82) is 0 Å². The van der Waals surface area contributed by atoms with Gasteiger partial charge in [0.05, 0.1) is 29.5 Å². The summed E-state index contributed by atoms with van der Waals surface area (Å²) in [6.45, 7) is 13.4. The number of rotatable bonds is 3. The van der Waals surface area contributed by atoms with Crippen molar-refractivity contribution in [2.45, 2.75) is 130 Å². The van der Waals surface area contributed by atoms with Gasteiger partial charge in [0.1, 0.15) is 11.6 Å². The topological polar surface area (TPSA) is 69.2 Å². The summed E-state index contributed by atoms with van der Waals surface area (Å²) in [4.78, 5) is 25.5. The van der Waals surface area contributed by atoms with Gasteiger partial charge in [-0.2, -0.15) is 0 Å². The van der Waals surface area contributed by atoms with E-state index in [9.17, 15) is 9.50 Å². The first-order chi connectivity index (χ1) is 21.8. The number of hydrogen-bond donors (Lipinski definition) is 2. The van der Waals surface area contributed by atoms with Gasteiger partial charge in [-0.3, -0.25) is 4.79 Å². The van der Waals surface area contributed by atoms with Crippen molar-refractivity contribution in [1.82, 2.24) is 14.9 Å². The summed E-state index contributed by atoms with van der Waals surface area (Å²) in [5, 5.41) is 11.1. The largest absolute Gasteiger partial charge is 0.393 e. The Kier molecular flexibility index (Phi) is 7.02. The highest BCUT2D eigenvalue weighted by Gasteiger charge is 2.71. The van der Waals surface area contributed by atoms with E-state index in [-0.39, 0.29) is 45.0 Å². The first kappa shape index (κ1) is 31.1. The molecule has 5 nitrogen and oxygen atoms in total. The number of aliphatic hydroxyl groups is 1. The minimum absolute atomic E-state index is 0.0147. The third-order valence-corrected chi connectivity index (χ3v) is 16.3. The second-order valence-corrected chi connectivity index (χ2v) is 18.0. The van der Waals surface area contributed by atoms with Gasteiger partial charge in [0.25, 0.3) is 0 Å². The number of H-pyrrole nitrogens is 1. The lowest BCUT2D eigenvalue weighted by Crippen LogP contribution is -2.67. The molecular formula is C40H56FN3O2. The van der Waals surface area contributed by atoms with Crippen molar-refractivity contribution < 1.29 is 14.3 Å². The lowest BCUT2D eigenvalue weighted by Gasteiger charge is -2.72. The molecule has 1 aliphatic heterocycles. The van der Waals surface area contributed by atoms with Crippen LogP contribution in [-0.4, -0.2) is 38.5 Å². The monoisotopic (exact) mass is 629 g/mol. The van der Waals surface area contributed by atoms with Crippen LogP contribution in [0.4, 0.5) is 4.39 Å². The number of halogens is 1. The fourth-order valence-corrected chi connectivity index (χ4v) is 13.8. The molecule has 6 aliphatic rings. The van der Waals surface area contributed by atoms with Crippen LogP contribution in [0.3, 0.4) is 0 Å². The molecule has 0 bridgehead atoms. The Labute approximate surface area is 275 Å². The quantitative estimate of drug-likeness (QED) is 0.356. The van der Waals surface area contributed by atoms with E-state index in [0.717, 1.165) is 68.6 Å². The molecular weight excluding hydrogens is 573 g/mol. The zero-order chi connectivity index (χ0) is 32.3. The average Bonchev–Trinajstić information content (AvgIpc) is 3.80. The van der Waals surface area contributed by atoms with Crippen LogP contribution in [0.25, 0.3) is 11.3 Å². The van der Waals surface area contributed by atoms with Crippen molar-refractivity contribution in [2.24, 2.45) is 50.7 Å². The van der Waals surface area contributed by atoms with Gasteiger partial charge < -0.3 is 15.0 Å². The molecule has 2 heterocycles. The maximum Gasteiger partial charge on any atom is 0.229 e. The molecule has 1 saturated heterocycles. The van der Waals surface area contributed by atoms with E-state index in [4.69, 9.17) is 4.98 Å². The number of nitrogens with one attached hydrogen (secondary N) is 1. The molecule has 0 spiro atoms. The summed E-state index contributed by atoms with van der Waals surface area (Å²) in [5.74, 6) is 3.38. The maximum atomic E-state index is 15.0.